The van der Waals surface area contributed by atoms with Crippen LogP contribution in [-0.2, 0) is 11.3 Å². The number of hydrogen-bond acceptors (Lipinski definition) is 4. The van der Waals surface area contributed by atoms with Gasteiger partial charge in [0, 0.05) is 29.5 Å². The molecule has 1 N–H and O–H groups in total. The van der Waals surface area contributed by atoms with E-state index < -0.39 is 0 Å². The lowest BCUT2D eigenvalue weighted by molar-refractivity contribution is -0.116. The topological polar surface area (TPSA) is 54.9 Å². The molecule has 5 heteroatoms. The molecule has 2 aromatic rings. The van der Waals surface area contributed by atoms with E-state index in [0.29, 0.717) is 6.54 Å². The molecule has 1 amide bonds. The van der Waals surface area contributed by atoms with E-state index in [1.807, 2.05) is 24.4 Å². The van der Waals surface area contributed by atoms with Gasteiger partial charge in [0.2, 0.25) is 5.91 Å². The summed E-state index contributed by atoms with van der Waals surface area (Å²) in [6.45, 7) is 2.40. The second-order valence-electron chi connectivity index (χ2n) is 3.72. The molecule has 0 saturated heterocycles. The van der Waals surface area contributed by atoms with Gasteiger partial charge in [-0.2, -0.15) is 0 Å². The van der Waals surface area contributed by atoms with Crippen LogP contribution in [0.2, 0.25) is 0 Å². The van der Waals surface area contributed by atoms with Crippen LogP contribution in [0, 0.1) is 6.92 Å². The van der Waals surface area contributed by atoms with E-state index in [9.17, 15) is 4.79 Å². The highest BCUT2D eigenvalue weighted by molar-refractivity contribution is 7.09. The molecule has 92 valence electrons. The van der Waals surface area contributed by atoms with Crippen molar-refractivity contribution >= 4 is 23.3 Å². The summed E-state index contributed by atoms with van der Waals surface area (Å²) >= 11 is 1.55. The molecule has 0 aromatic carbocycles. The molecule has 0 aliphatic carbocycles. The lowest BCUT2D eigenvalue weighted by Gasteiger charge is -1.98. The molecule has 2 heterocycles. The van der Waals surface area contributed by atoms with Crippen molar-refractivity contribution in [1.29, 1.82) is 0 Å². The van der Waals surface area contributed by atoms with Gasteiger partial charge in [0.1, 0.15) is 5.01 Å². The van der Waals surface area contributed by atoms with Crippen LogP contribution in [0.25, 0.3) is 6.08 Å². The smallest absolute Gasteiger partial charge is 0.244 e. The van der Waals surface area contributed by atoms with Gasteiger partial charge < -0.3 is 5.32 Å². The number of carbonyl (C=O) groups excluding carboxylic acids is 1. The third-order valence-corrected chi connectivity index (χ3v) is 3.16. The van der Waals surface area contributed by atoms with Gasteiger partial charge >= 0.3 is 0 Å². The minimum atomic E-state index is -0.133. The SMILES string of the molecule is Cc1csc(CNC(=O)C=Cc2cccnc2)n1. The summed E-state index contributed by atoms with van der Waals surface area (Å²) in [5.41, 5.74) is 1.88. The van der Waals surface area contributed by atoms with Gasteiger partial charge in [0.25, 0.3) is 0 Å². The van der Waals surface area contributed by atoms with Crippen molar-refractivity contribution in [2.75, 3.05) is 0 Å². The molecule has 0 atom stereocenters. The number of pyridine rings is 1. The normalized spacial score (nSPS) is 10.7. The molecular weight excluding hydrogens is 246 g/mol. The second kappa shape index (κ2) is 6.07. The fourth-order valence-corrected chi connectivity index (χ4v) is 2.06. The van der Waals surface area contributed by atoms with Crippen LogP contribution in [0.1, 0.15) is 16.3 Å². The molecule has 2 rings (SSSR count). The van der Waals surface area contributed by atoms with Gasteiger partial charge in [-0.25, -0.2) is 4.98 Å². The quantitative estimate of drug-likeness (QED) is 0.856. The van der Waals surface area contributed by atoms with Gasteiger partial charge in [-0.05, 0) is 24.6 Å². The zero-order chi connectivity index (χ0) is 12.8. The lowest BCUT2D eigenvalue weighted by atomic mass is 10.2. The number of thiazole rings is 1. The van der Waals surface area contributed by atoms with Crippen molar-refractivity contribution in [2.24, 2.45) is 0 Å². The van der Waals surface area contributed by atoms with Gasteiger partial charge in [0.05, 0.1) is 6.54 Å². The zero-order valence-corrected chi connectivity index (χ0v) is 10.8. The summed E-state index contributed by atoms with van der Waals surface area (Å²) < 4.78 is 0. The molecule has 0 unspecified atom stereocenters. The van der Waals surface area contributed by atoms with Crippen LogP contribution in [0.3, 0.4) is 0 Å². The maximum atomic E-state index is 11.6. The molecular formula is C13H13N3OS. The standard InChI is InChI=1S/C13H13N3OS/c1-10-9-18-13(16-10)8-15-12(17)5-4-11-3-2-6-14-7-11/h2-7,9H,8H2,1H3,(H,15,17). The average molecular weight is 259 g/mol. The molecule has 0 radical (unpaired) electrons. The van der Waals surface area contributed by atoms with Crippen LogP contribution in [0.15, 0.2) is 36.0 Å². The predicted octanol–water partition coefficient (Wildman–Crippen LogP) is 2.18. The number of carbonyl (C=O) groups is 1. The predicted molar refractivity (Wildman–Crippen MR) is 72.0 cm³/mol. The summed E-state index contributed by atoms with van der Waals surface area (Å²) in [6, 6.07) is 3.72. The molecule has 0 fully saturated rings. The molecule has 0 aliphatic rings. The van der Waals surface area contributed by atoms with Crippen molar-refractivity contribution in [1.82, 2.24) is 15.3 Å². The van der Waals surface area contributed by atoms with Gasteiger partial charge in [-0.15, -0.1) is 11.3 Å². The average Bonchev–Trinajstić information content (AvgIpc) is 2.81. The molecule has 2 aromatic heterocycles. The largest absolute Gasteiger partial charge is 0.346 e. The third kappa shape index (κ3) is 3.78. The Kier molecular flexibility index (Phi) is 4.20. The summed E-state index contributed by atoms with van der Waals surface area (Å²) in [4.78, 5) is 19.8. The van der Waals surface area contributed by atoms with Crippen molar-refractivity contribution in [3.05, 3.63) is 52.2 Å². The van der Waals surface area contributed by atoms with E-state index >= 15 is 0 Å². The fraction of sp³-hybridized carbons (Fsp3) is 0.154. The van der Waals surface area contributed by atoms with Gasteiger partial charge in [0.15, 0.2) is 0 Å². The van der Waals surface area contributed by atoms with Crippen molar-refractivity contribution < 1.29 is 4.79 Å². The fourth-order valence-electron chi connectivity index (χ4n) is 1.35. The zero-order valence-electron chi connectivity index (χ0n) is 9.96. The number of hydrogen-bond donors (Lipinski definition) is 1. The Morgan fingerprint density at radius 1 is 1.56 bits per heavy atom. The van der Waals surface area contributed by atoms with Crippen molar-refractivity contribution in [3.8, 4) is 0 Å². The first-order valence-electron chi connectivity index (χ1n) is 5.51. The van der Waals surface area contributed by atoms with E-state index in [2.05, 4.69) is 15.3 Å². The van der Waals surface area contributed by atoms with E-state index in [4.69, 9.17) is 0 Å². The third-order valence-electron chi connectivity index (χ3n) is 2.19. The van der Waals surface area contributed by atoms with E-state index in [1.54, 1.807) is 29.8 Å². The minimum Gasteiger partial charge on any atom is -0.346 e. The number of rotatable bonds is 4. The van der Waals surface area contributed by atoms with Crippen LogP contribution in [0.4, 0.5) is 0 Å². The molecule has 4 nitrogen and oxygen atoms in total. The minimum absolute atomic E-state index is 0.133. The monoisotopic (exact) mass is 259 g/mol. The maximum Gasteiger partial charge on any atom is 0.244 e. The number of aryl methyl sites for hydroxylation is 1. The van der Waals surface area contributed by atoms with Crippen LogP contribution >= 0.6 is 11.3 Å². The summed E-state index contributed by atoms with van der Waals surface area (Å²) in [5.74, 6) is -0.133. The Hall–Kier alpha value is -2.01. The Morgan fingerprint density at radius 3 is 3.11 bits per heavy atom. The maximum absolute atomic E-state index is 11.6. The first-order valence-corrected chi connectivity index (χ1v) is 6.39. The first-order chi connectivity index (χ1) is 8.74. The number of nitrogens with zero attached hydrogens (tertiary/aromatic N) is 2. The van der Waals surface area contributed by atoms with Gasteiger partial charge in [-0.1, -0.05) is 6.07 Å². The Bertz CT molecular complexity index is 548. The molecule has 0 aliphatic heterocycles. The second-order valence-corrected chi connectivity index (χ2v) is 4.66. The lowest BCUT2D eigenvalue weighted by Crippen LogP contribution is -2.20. The number of aromatic nitrogens is 2. The van der Waals surface area contributed by atoms with Gasteiger partial charge in [-0.3, -0.25) is 9.78 Å². The van der Waals surface area contributed by atoms with E-state index in [1.165, 1.54) is 6.08 Å². The molecule has 0 spiro atoms. The van der Waals surface area contributed by atoms with E-state index in [-0.39, 0.29) is 5.91 Å². The van der Waals surface area contributed by atoms with Crippen molar-refractivity contribution in [2.45, 2.75) is 13.5 Å². The highest BCUT2D eigenvalue weighted by Gasteiger charge is 2.00. The molecule has 0 saturated carbocycles. The Balaban J connectivity index is 1.84. The number of nitrogens with one attached hydrogen (secondary N) is 1. The van der Waals surface area contributed by atoms with Crippen LogP contribution in [0.5, 0.6) is 0 Å². The molecule has 18 heavy (non-hydrogen) atoms. The van der Waals surface area contributed by atoms with Crippen LogP contribution in [-0.4, -0.2) is 15.9 Å². The Morgan fingerprint density at radius 2 is 2.44 bits per heavy atom. The van der Waals surface area contributed by atoms with Crippen molar-refractivity contribution in [3.63, 3.8) is 0 Å². The van der Waals surface area contributed by atoms with Crippen LogP contribution < -0.4 is 5.32 Å². The summed E-state index contributed by atoms with van der Waals surface area (Å²) in [5, 5.41) is 5.66. The van der Waals surface area contributed by atoms with E-state index in [0.717, 1.165) is 16.3 Å². The molecule has 0 bridgehead atoms. The summed E-state index contributed by atoms with van der Waals surface area (Å²) in [7, 11) is 0. The highest BCUT2D eigenvalue weighted by Crippen LogP contribution is 2.07. The summed E-state index contributed by atoms with van der Waals surface area (Å²) in [6.07, 6.45) is 6.63. The highest BCUT2D eigenvalue weighted by atomic mass is 32.1. The first kappa shape index (κ1) is 12.4. The number of amides is 1. The Labute approximate surface area is 109 Å².